The largest absolute Gasteiger partial charge is 0.303 e. The van der Waals surface area contributed by atoms with Crippen LogP contribution in [0.2, 0.25) is 0 Å². The molecule has 0 N–H and O–H groups in total. The molecular weight excluding hydrogens is 234 g/mol. The summed E-state index contributed by atoms with van der Waals surface area (Å²) in [7, 11) is 0. The van der Waals surface area contributed by atoms with E-state index in [1.54, 1.807) is 0 Å². The number of Topliss-reactive ketones (excluding diaryl/α,β-unsaturated/α-hetero) is 1. The minimum atomic E-state index is 0.0936. The van der Waals surface area contributed by atoms with E-state index < -0.39 is 0 Å². The molecule has 0 aliphatic carbocycles. The minimum Gasteiger partial charge on any atom is -0.303 e. The first kappa shape index (κ1) is 16.7. The van der Waals surface area contributed by atoms with Crippen LogP contribution in [-0.2, 0) is 4.79 Å². The van der Waals surface area contributed by atoms with Crippen LogP contribution in [0, 0.1) is 17.3 Å². The van der Waals surface area contributed by atoms with Crippen molar-refractivity contribution in [2.24, 2.45) is 17.3 Å². The zero-order valence-electron chi connectivity index (χ0n) is 13.7. The van der Waals surface area contributed by atoms with E-state index in [2.05, 4.69) is 39.5 Å². The number of hydrogen-bond donors (Lipinski definition) is 0. The maximum absolute atomic E-state index is 12.5. The topological polar surface area (TPSA) is 20.3 Å². The molecule has 1 aliphatic rings. The zero-order valence-corrected chi connectivity index (χ0v) is 13.7. The number of rotatable bonds is 6. The molecule has 1 unspecified atom stereocenters. The van der Waals surface area contributed by atoms with Gasteiger partial charge < -0.3 is 4.90 Å². The molecule has 0 aromatic carbocycles. The van der Waals surface area contributed by atoms with Crippen molar-refractivity contribution in [2.75, 3.05) is 19.6 Å². The summed E-state index contributed by atoms with van der Waals surface area (Å²) in [5.41, 5.74) is 0.0936. The summed E-state index contributed by atoms with van der Waals surface area (Å²) in [5, 5.41) is 0. The predicted molar refractivity (Wildman–Crippen MR) is 82.3 cm³/mol. The molecule has 1 saturated heterocycles. The molecule has 0 aromatic rings. The van der Waals surface area contributed by atoms with Crippen LogP contribution in [-0.4, -0.2) is 30.3 Å². The van der Waals surface area contributed by atoms with Gasteiger partial charge in [-0.1, -0.05) is 41.0 Å². The standard InChI is InChI=1S/C17H33NO/c1-14(2)16(17(3,4)5)15(19)10-9-13-18-11-7-6-8-12-18/h14,16H,6-13H2,1-5H3. The maximum Gasteiger partial charge on any atom is 0.136 e. The van der Waals surface area contributed by atoms with Gasteiger partial charge in [-0.05, 0) is 50.2 Å². The van der Waals surface area contributed by atoms with Gasteiger partial charge in [0.1, 0.15) is 5.78 Å². The van der Waals surface area contributed by atoms with Crippen molar-refractivity contribution < 1.29 is 4.79 Å². The average molecular weight is 267 g/mol. The first-order chi connectivity index (χ1) is 8.82. The van der Waals surface area contributed by atoms with E-state index >= 15 is 0 Å². The zero-order chi connectivity index (χ0) is 14.5. The lowest BCUT2D eigenvalue weighted by atomic mass is 9.71. The van der Waals surface area contributed by atoms with E-state index in [-0.39, 0.29) is 11.3 Å². The predicted octanol–water partition coefficient (Wildman–Crippen LogP) is 4.14. The van der Waals surface area contributed by atoms with E-state index in [4.69, 9.17) is 0 Å². The van der Waals surface area contributed by atoms with Gasteiger partial charge >= 0.3 is 0 Å². The lowest BCUT2D eigenvalue weighted by Crippen LogP contribution is -2.34. The fraction of sp³-hybridized carbons (Fsp3) is 0.941. The quantitative estimate of drug-likeness (QED) is 0.721. The highest BCUT2D eigenvalue weighted by Crippen LogP contribution is 2.33. The van der Waals surface area contributed by atoms with Crippen molar-refractivity contribution in [1.29, 1.82) is 0 Å². The third-order valence-electron chi connectivity index (χ3n) is 4.29. The second-order valence-corrected chi connectivity index (χ2v) is 7.56. The van der Waals surface area contributed by atoms with Crippen LogP contribution in [0.1, 0.15) is 66.7 Å². The number of nitrogens with zero attached hydrogens (tertiary/aromatic N) is 1. The van der Waals surface area contributed by atoms with Crippen molar-refractivity contribution in [3.63, 3.8) is 0 Å². The monoisotopic (exact) mass is 267 g/mol. The molecular formula is C17H33NO. The molecule has 0 radical (unpaired) electrons. The molecule has 1 aliphatic heterocycles. The number of hydrogen-bond acceptors (Lipinski definition) is 2. The second kappa shape index (κ2) is 7.42. The van der Waals surface area contributed by atoms with E-state index in [1.165, 1.54) is 32.4 Å². The number of piperidine rings is 1. The Balaban J connectivity index is 2.36. The van der Waals surface area contributed by atoms with E-state index in [0.29, 0.717) is 11.7 Å². The molecule has 1 rings (SSSR count). The summed E-state index contributed by atoms with van der Waals surface area (Å²) in [6.07, 6.45) is 5.86. The molecule has 19 heavy (non-hydrogen) atoms. The Morgan fingerprint density at radius 3 is 2.16 bits per heavy atom. The van der Waals surface area contributed by atoms with Crippen LogP contribution in [0.4, 0.5) is 0 Å². The Morgan fingerprint density at radius 1 is 1.11 bits per heavy atom. The van der Waals surface area contributed by atoms with Gasteiger partial charge in [-0.2, -0.15) is 0 Å². The van der Waals surface area contributed by atoms with Gasteiger partial charge in [-0.15, -0.1) is 0 Å². The van der Waals surface area contributed by atoms with Gasteiger partial charge in [0.2, 0.25) is 0 Å². The second-order valence-electron chi connectivity index (χ2n) is 7.56. The Hall–Kier alpha value is -0.370. The molecule has 1 fully saturated rings. The van der Waals surface area contributed by atoms with Crippen molar-refractivity contribution in [2.45, 2.75) is 66.7 Å². The number of carbonyl (C=O) groups excluding carboxylic acids is 1. The summed E-state index contributed by atoms with van der Waals surface area (Å²) in [4.78, 5) is 15.0. The molecule has 1 heterocycles. The van der Waals surface area contributed by atoms with Crippen LogP contribution in [0.15, 0.2) is 0 Å². The molecule has 0 aromatic heterocycles. The average Bonchev–Trinajstić information content (AvgIpc) is 2.27. The number of carbonyl (C=O) groups is 1. The number of likely N-dealkylation sites (tertiary alicyclic amines) is 1. The van der Waals surface area contributed by atoms with Gasteiger partial charge in [0.05, 0.1) is 0 Å². The van der Waals surface area contributed by atoms with Crippen LogP contribution in [0.25, 0.3) is 0 Å². The Bertz CT molecular complexity index is 271. The van der Waals surface area contributed by atoms with Gasteiger partial charge in [0, 0.05) is 12.3 Å². The highest BCUT2D eigenvalue weighted by atomic mass is 16.1. The summed E-state index contributed by atoms with van der Waals surface area (Å²) in [6, 6.07) is 0. The number of ketones is 1. The van der Waals surface area contributed by atoms with E-state index in [0.717, 1.165) is 19.4 Å². The third-order valence-corrected chi connectivity index (χ3v) is 4.29. The fourth-order valence-electron chi connectivity index (χ4n) is 3.67. The maximum atomic E-state index is 12.5. The van der Waals surface area contributed by atoms with Gasteiger partial charge in [0.15, 0.2) is 0 Å². The van der Waals surface area contributed by atoms with Crippen molar-refractivity contribution >= 4 is 5.78 Å². The van der Waals surface area contributed by atoms with Crippen molar-refractivity contribution in [3.05, 3.63) is 0 Å². The van der Waals surface area contributed by atoms with Crippen LogP contribution in [0.3, 0.4) is 0 Å². The molecule has 0 spiro atoms. The Kier molecular flexibility index (Phi) is 6.52. The van der Waals surface area contributed by atoms with E-state index in [9.17, 15) is 4.79 Å². The third kappa shape index (κ3) is 5.64. The Labute approximate surface area is 119 Å². The van der Waals surface area contributed by atoms with Gasteiger partial charge in [-0.25, -0.2) is 0 Å². The van der Waals surface area contributed by atoms with E-state index in [1.807, 2.05) is 0 Å². The lowest BCUT2D eigenvalue weighted by molar-refractivity contribution is -0.128. The lowest BCUT2D eigenvalue weighted by Gasteiger charge is -2.33. The Morgan fingerprint density at radius 2 is 1.68 bits per heavy atom. The minimum absolute atomic E-state index is 0.0936. The highest BCUT2D eigenvalue weighted by Gasteiger charge is 2.32. The van der Waals surface area contributed by atoms with Crippen molar-refractivity contribution in [1.82, 2.24) is 4.90 Å². The SMILES string of the molecule is CC(C)C(C(=O)CCCN1CCCCC1)C(C)(C)C. The molecule has 2 nitrogen and oxygen atoms in total. The van der Waals surface area contributed by atoms with Gasteiger partial charge in [-0.3, -0.25) is 4.79 Å². The summed E-state index contributed by atoms with van der Waals surface area (Å²) in [5.74, 6) is 1.12. The molecule has 0 bridgehead atoms. The normalized spacial score (nSPS) is 19.7. The molecule has 0 saturated carbocycles. The van der Waals surface area contributed by atoms with Crippen LogP contribution >= 0.6 is 0 Å². The molecule has 112 valence electrons. The first-order valence-corrected chi connectivity index (χ1v) is 8.07. The summed E-state index contributed by atoms with van der Waals surface area (Å²) in [6.45, 7) is 14.5. The molecule has 1 atom stereocenters. The highest BCUT2D eigenvalue weighted by molar-refractivity contribution is 5.81. The first-order valence-electron chi connectivity index (χ1n) is 8.07. The van der Waals surface area contributed by atoms with Crippen molar-refractivity contribution in [3.8, 4) is 0 Å². The smallest absolute Gasteiger partial charge is 0.136 e. The summed E-state index contributed by atoms with van der Waals surface area (Å²) >= 11 is 0. The van der Waals surface area contributed by atoms with Crippen LogP contribution in [0.5, 0.6) is 0 Å². The van der Waals surface area contributed by atoms with Crippen LogP contribution < -0.4 is 0 Å². The van der Waals surface area contributed by atoms with Gasteiger partial charge in [0.25, 0.3) is 0 Å². The molecule has 2 heteroatoms. The molecule has 0 amide bonds. The summed E-state index contributed by atoms with van der Waals surface area (Å²) < 4.78 is 0. The fourth-order valence-corrected chi connectivity index (χ4v) is 3.67.